The fraction of sp³-hybridized carbons (Fsp3) is 0.297. The molecule has 0 N–H and O–H groups in total. The molecule has 0 spiro atoms. The second-order valence-corrected chi connectivity index (χ2v) is 13.9. The summed E-state index contributed by atoms with van der Waals surface area (Å²) >= 11 is 7.69. The minimum Gasteiger partial charge on any atom is -0.647 e. The number of hydrogen-bond donors (Lipinski definition) is 0. The van der Waals surface area contributed by atoms with Gasteiger partial charge in [-0.15, -0.1) is 13.2 Å². The van der Waals surface area contributed by atoms with Gasteiger partial charge < -0.3 is 28.4 Å². The van der Waals surface area contributed by atoms with Gasteiger partial charge in [0.1, 0.15) is 23.0 Å². The largest absolute Gasteiger partial charge is 0.647 e. The molecule has 49 heavy (non-hydrogen) atoms. The zero-order chi connectivity index (χ0) is 33.3. The molecule has 2 heterocycles. The maximum atomic E-state index is 6.19. The van der Waals surface area contributed by atoms with Crippen molar-refractivity contribution in [1.29, 1.82) is 0 Å². The minimum atomic E-state index is -0.655. The number of halogens is 2. The van der Waals surface area contributed by atoms with Crippen molar-refractivity contribution in [2.24, 2.45) is 9.98 Å². The molecule has 6 rings (SSSR count). The Bertz CT molecular complexity index is 1780. The first-order valence-corrected chi connectivity index (χ1v) is 16.9. The Hall–Kier alpha value is -2.44. The van der Waals surface area contributed by atoms with E-state index in [1.807, 2.05) is 80.6 Å². The van der Waals surface area contributed by atoms with Crippen LogP contribution in [0.15, 0.2) is 94.1 Å². The van der Waals surface area contributed by atoms with Crippen molar-refractivity contribution in [2.75, 3.05) is 28.4 Å². The minimum absolute atomic E-state index is 0. The summed E-state index contributed by atoms with van der Waals surface area (Å²) in [5.41, 5.74) is 4.32. The molecule has 0 saturated heterocycles. The molecule has 0 amide bonds. The van der Waals surface area contributed by atoms with Gasteiger partial charge in [0, 0.05) is 63.1 Å². The molecule has 8 nitrogen and oxygen atoms in total. The smallest absolute Gasteiger partial charge is 0.182 e. The standard InChI is InChI=1S/C37H36Br2N2O6.2Pd/c1-36(20-46-34(40-36)24-11-16-30(44-5)27(17-24)22-7-12-25(42-3)13-8-22)19-37(2)21-47-35(41-37)29-18-28(33(45-6)32(39)31(29)38)23-9-14-26(43-4)15-10-23;;/h7-18,20-21,31-32H,19H2,1-6H3;;/q-2;;/t31?,32?,36-,37-;;/m1../s1. The molecule has 0 saturated carbocycles. The fourth-order valence-electron chi connectivity index (χ4n) is 6.07. The van der Waals surface area contributed by atoms with Crippen molar-refractivity contribution in [3.8, 4) is 28.4 Å². The molecule has 266 valence electrons. The van der Waals surface area contributed by atoms with Crippen molar-refractivity contribution in [3.05, 3.63) is 108 Å². The Morgan fingerprint density at radius 1 is 0.673 bits per heavy atom. The molecule has 2 unspecified atom stereocenters. The quantitative estimate of drug-likeness (QED) is 0.116. The molecule has 1 aliphatic carbocycles. The summed E-state index contributed by atoms with van der Waals surface area (Å²) in [5, 5.41) is 0. The van der Waals surface area contributed by atoms with Crippen LogP contribution in [-0.2, 0) is 55.1 Å². The SMILES string of the molecule is COC1=C(c2ccc(OC)cc2)C=C(C2=N[C@](C)(C[C@]3(C)[CH-]OC(c4ccc(OC)c(-c5ccc(OC)cc5)c4)=N3)[CH-]O2)C(Br)C1Br.[Pd].[Pd]. The average Bonchev–Trinajstić information content (AvgIpc) is 3.67. The van der Waals surface area contributed by atoms with E-state index in [1.165, 1.54) is 0 Å². The van der Waals surface area contributed by atoms with Crippen LogP contribution in [0, 0.1) is 13.2 Å². The number of ether oxygens (including phenoxy) is 6. The normalized spacial score (nSPS) is 24.3. The number of aliphatic imine (C=N–C) groups is 2. The van der Waals surface area contributed by atoms with E-state index in [0.717, 1.165) is 56.4 Å². The number of hydrogen-bond acceptors (Lipinski definition) is 8. The van der Waals surface area contributed by atoms with Crippen LogP contribution < -0.4 is 14.2 Å². The number of methoxy groups -OCH3 is 4. The molecule has 3 aromatic carbocycles. The van der Waals surface area contributed by atoms with Crippen molar-refractivity contribution in [3.63, 3.8) is 0 Å². The van der Waals surface area contributed by atoms with Crippen LogP contribution in [0.2, 0.25) is 0 Å². The number of benzene rings is 3. The van der Waals surface area contributed by atoms with Gasteiger partial charge in [-0.2, -0.15) is 0 Å². The number of rotatable bonds is 10. The van der Waals surface area contributed by atoms with Crippen molar-refractivity contribution >= 4 is 49.2 Å². The second kappa shape index (κ2) is 16.3. The first kappa shape index (κ1) is 39.4. The van der Waals surface area contributed by atoms with Gasteiger partial charge in [-0.1, -0.05) is 76.4 Å². The predicted octanol–water partition coefficient (Wildman–Crippen LogP) is 8.34. The van der Waals surface area contributed by atoms with Crippen LogP contribution in [0.1, 0.15) is 31.4 Å². The van der Waals surface area contributed by atoms with Crippen LogP contribution in [0.3, 0.4) is 0 Å². The zero-order valence-electron chi connectivity index (χ0n) is 27.7. The van der Waals surface area contributed by atoms with E-state index in [1.54, 1.807) is 41.7 Å². The summed E-state index contributed by atoms with van der Waals surface area (Å²) in [7, 11) is 6.65. The molecule has 0 aromatic heterocycles. The predicted molar refractivity (Wildman–Crippen MR) is 192 cm³/mol. The van der Waals surface area contributed by atoms with Gasteiger partial charge in [-0.25, -0.2) is 0 Å². The molecule has 3 aliphatic rings. The molecule has 12 heteroatoms. The van der Waals surface area contributed by atoms with Gasteiger partial charge in [0.05, 0.1) is 38.1 Å². The van der Waals surface area contributed by atoms with Gasteiger partial charge in [0.2, 0.25) is 0 Å². The van der Waals surface area contributed by atoms with E-state index >= 15 is 0 Å². The maximum absolute atomic E-state index is 6.19. The Morgan fingerprint density at radius 2 is 1.20 bits per heavy atom. The Balaban J connectivity index is 0.00000270. The monoisotopic (exact) mass is 974 g/mol. The Morgan fingerprint density at radius 3 is 1.76 bits per heavy atom. The van der Waals surface area contributed by atoms with Crippen molar-refractivity contribution in [2.45, 2.75) is 41.0 Å². The van der Waals surface area contributed by atoms with Gasteiger partial charge in [0.15, 0.2) is 11.8 Å². The molecular formula is C37H36Br2N2O6Pd2-2. The van der Waals surface area contributed by atoms with Crippen LogP contribution >= 0.6 is 31.9 Å². The fourth-order valence-corrected chi connectivity index (χ4v) is 7.35. The number of allylic oxidation sites excluding steroid dienone is 3. The summed E-state index contributed by atoms with van der Waals surface area (Å²) in [6.07, 6.45) is 2.61. The van der Waals surface area contributed by atoms with Crippen LogP contribution in [0.25, 0.3) is 16.7 Å². The average molecular weight is 977 g/mol. The number of nitrogens with zero attached hydrogens (tertiary/aromatic N) is 2. The van der Waals surface area contributed by atoms with Crippen molar-refractivity contribution in [1.82, 2.24) is 0 Å². The van der Waals surface area contributed by atoms with E-state index in [9.17, 15) is 0 Å². The zero-order valence-corrected chi connectivity index (χ0v) is 34.0. The molecule has 0 radical (unpaired) electrons. The second-order valence-electron chi connectivity index (χ2n) is 12.0. The topological polar surface area (TPSA) is 80.1 Å². The first-order valence-electron chi connectivity index (χ1n) is 15.1. The van der Waals surface area contributed by atoms with E-state index in [0.29, 0.717) is 18.2 Å². The van der Waals surface area contributed by atoms with Gasteiger partial charge >= 0.3 is 0 Å². The Labute approximate surface area is 332 Å². The van der Waals surface area contributed by atoms with Crippen LogP contribution in [-0.4, -0.2) is 61.0 Å². The molecule has 4 atom stereocenters. The summed E-state index contributed by atoms with van der Waals surface area (Å²) in [6, 6.07) is 21.7. The third-order valence-electron chi connectivity index (χ3n) is 8.36. The van der Waals surface area contributed by atoms with Crippen LogP contribution in [0.4, 0.5) is 0 Å². The maximum Gasteiger partial charge on any atom is 0.182 e. The van der Waals surface area contributed by atoms with E-state index in [4.69, 9.17) is 38.4 Å². The van der Waals surface area contributed by atoms with Crippen molar-refractivity contribution < 1.29 is 69.3 Å². The molecule has 0 bridgehead atoms. The molecular weight excluding hydrogens is 941 g/mol. The third kappa shape index (κ3) is 8.22. The molecule has 3 aromatic rings. The third-order valence-corrected chi connectivity index (χ3v) is 11.0. The van der Waals surface area contributed by atoms with E-state index in [-0.39, 0.29) is 50.5 Å². The molecule has 0 fully saturated rings. The van der Waals surface area contributed by atoms with E-state index in [2.05, 4.69) is 37.9 Å². The summed E-state index contributed by atoms with van der Waals surface area (Å²) in [6.45, 7) is 7.65. The van der Waals surface area contributed by atoms with Gasteiger partial charge in [0.25, 0.3) is 0 Å². The molecule has 2 aliphatic heterocycles. The summed E-state index contributed by atoms with van der Waals surface area (Å²) < 4.78 is 34.5. The summed E-state index contributed by atoms with van der Waals surface area (Å²) in [5.74, 6) is 4.23. The number of alkyl halides is 2. The first-order chi connectivity index (χ1) is 22.6. The Kier molecular flexibility index (Phi) is 13.1. The van der Waals surface area contributed by atoms with Crippen LogP contribution in [0.5, 0.6) is 17.2 Å². The summed E-state index contributed by atoms with van der Waals surface area (Å²) in [4.78, 5) is 9.86. The van der Waals surface area contributed by atoms with Gasteiger partial charge in [-0.05, 0) is 70.7 Å². The van der Waals surface area contributed by atoms with Gasteiger partial charge in [-0.3, -0.25) is 9.98 Å². The van der Waals surface area contributed by atoms with E-state index < -0.39 is 11.1 Å².